The number of ether oxygens (including phenoxy) is 1. The zero-order chi connectivity index (χ0) is 17.4. The van der Waals surface area contributed by atoms with E-state index < -0.39 is 0 Å². The summed E-state index contributed by atoms with van der Waals surface area (Å²) in [5.74, 6) is 2.35. The van der Waals surface area contributed by atoms with Crippen molar-refractivity contribution in [2.24, 2.45) is 7.05 Å². The number of amides is 2. The zero-order valence-electron chi connectivity index (χ0n) is 14.7. The molecule has 0 aliphatic carbocycles. The van der Waals surface area contributed by atoms with Crippen LogP contribution in [0.5, 0.6) is 5.75 Å². The highest BCUT2D eigenvalue weighted by atomic mass is 16.5. The Labute approximate surface area is 147 Å². The fourth-order valence-electron chi connectivity index (χ4n) is 3.87. The Morgan fingerprint density at radius 1 is 1.40 bits per heavy atom. The van der Waals surface area contributed by atoms with E-state index in [9.17, 15) is 4.79 Å². The molecule has 3 heterocycles. The van der Waals surface area contributed by atoms with Crippen LogP contribution in [0.15, 0.2) is 30.6 Å². The van der Waals surface area contributed by atoms with E-state index in [1.807, 2.05) is 35.0 Å². The van der Waals surface area contributed by atoms with Gasteiger partial charge in [0.1, 0.15) is 18.2 Å². The maximum Gasteiger partial charge on any atom is 0.317 e. The Kier molecular flexibility index (Phi) is 4.11. The van der Waals surface area contributed by atoms with Crippen molar-refractivity contribution in [3.63, 3.8) is 0 Å². The summed E-state index contributed by atoms with van der Waals surface area (Å²) >= 11 is 0. The Bertz CT molecular complexity index is 785. The van der Waals surface area contributed by atoms with Crippen LogP contribution in [0.4, 0.5) is 4.79 Å². The third kappa shape index (κ3) is 3.08. The Morgan fingerprint density at radius 3 is 3.08 bits per heavy atom. The average molecular weight is 340 g/mol. The number of likely N-dealkylation sites (tertiary alicyclic amines) is 1. The number of hydrogen-bond donors (Lipinski definition) is 1. The van der Waals surface area contributed by atoms with Crippen molar-refractivity contribution >= 4 is 6.03 Å². The molecule has 1 fully saturated rings. The molecule has 1 aromatic carbocycles. The molecule has 0 saturated carbocycles. The van der Waals surface area contributed by atoms with Gasteiger partial charge in [-0.1, -0.05) is 18.2 Å². The number of nitrogens with zero attached hydrogens (tertiary/aromatic N) is 3. The van der Waals surface area contributed by atoms with Gasteiger partial charge in [-0.25, -0.2) is 9.78 Å². The van der Waals surface area contributed by atoms with Gasteiger partial charge in [0, 0.05) is 38.4 Å². The molecule has 0 radical (unpaired) electrons. The first-order valence-electron chi connectivity index (χ1n) is 8.86. The van der Waals surface area contributed by atoms with Gasteiger partial charge in [-0.05, 0) is 30.9 Å². The summed E-state index contributed by atoms with van der Waals surface area (Å²) in [7, 11) is 2.00. The maximum absolute atomic E-state index is 12.6. The molecular weight excluding hydrogens is 316 g/mol. The van der Waals surface area contributed by atoms with Crippen molar-refractivity contribution in [2.75, 3.05) is 19.7 Å². The molecule has 2 aliphatic rings. The van der Waals surface area contributed by atoms with Crippen LogP contribution in [0.3, 0.4) is 0 Å². The summed E-state index contributed by atoms with van der Waals surface area (Å²) in [5, 5.41) is 3.14. The second kappa shape index (κ2) is 6.43. The van der Waals surface area contributed by atoms with Gasteiger partial charge in [0.15, 0.2) is 0 Å². The second-order valence-corrected chi connectivity index (χ2v) is 7.05. The largest absolute Gasteiger partial charge is 0.491 e. The van der Waals surface area contributed by atoms with Crippen LogP contribution in [0.1, 0.15) is 29.3 Å². The zero-order valence-corrected chi connectivity index (χ0v) is 14.7. The minimum Gasteiger partial charge on any atom is -0.491 e. The number of rotatable bonds is 2. The molecule has 2 aromatic rings. The van der Waals surface area contributed by atoms with E-state index in [-0.39, 0.29) is 12.1 Å². The molecular formula is C19H24N4O2. The highest BCUT2D eigenvalue weighted by Gasteiger charge is 2.31. The lowest BCUT2D eigenvalue weighted by atomic mass is 10.00. The minimum atomic E-state index is 0.00131. The smallest absolute Gasteiger partial charge is 0.317 e. The van der Waals surface area contributed by atoms with E-state index in [0.717, 1.165) is 43.1 Å². The summed E-state index contributed by atoms with van der Waals surface area (Å²) < 4.78 is 7.92. The first kappa shape index (κ1) is 16.0. The van der Waals surface area contributed by atoms with Crippen molar-refractivity contribution < 1.29 is 9.53 Å². The standard InChI is InChI=1S/C19H24N4O2/c1-13-4-3-5-14-10-16(12-25-17(13)14)21-19(24)23-8-6-15(11-23)18-20-7-9-22(18)2/h3-5,7,9,15-16H,6,8,10-12H2,1-2H3,(H,21,24). The fourth-order valence-corrected chi connectivity index (χ4v) is 3.87. The molecule has 6 nitrogen and oxygen atoms in total. The van der Waals surface area contributed by atoms with Gasteiger partial charge in [0.2, 0.25) is 0 Å². The van der Waals surface area contributed by atoms with Crippen LogP contribution >= 0.6 is 0 Å². The number of para-hydroxylation sites is 1. The number of aromatic nitrogens is 2. The minimum absolute atomic E-state index is 0.00131. The van der Waals surface area contributed by atoms with Gasteiger partial charge < -0.3 is 19.5 Å². The van der Waals surface area contributed by atoms with E-state index in [1.54, 1.807) is 0 Å². The van der Waals surface area contributed by atoms with E-state index in [0.29, 0.717) is 12.5 Å². The highest BCUT2D eigenvalue weighted by Crippen LogP contribution is 2.29. The van der Waals surface area contributed by atoms with Crippen molar-refractivity contribution in [1.29, 1.82) is 0 Å². The number of hydrogen-bond acceptors (Lipinski definition) is 3. The highest BCUT2D eigenvalue weighted by molar-refractivity contribution is 5.75. The molecule has 25 heavy (non-hydrogen) atoms. The summed E-state index contributed by atoms with van der Waals surface area (Å²) in [6.07, 6.45) is 5.55. The molecule has 1 aromatic heterocycles. The van der Waals surface area contributed by atoms with Crippen LogP contribution in [0.2, 0.25) is 0 Å². The number of urea groups is 1. The number of imidazole rings is 1. The number of carbonyl (C=O) groups is 1. The quantitative estimate of drug-likeness (QED) is 0.912. The van der Waals surface area contributed by atoms with Crippen molar-refractivity contribution in [2.45, 2.75) is 31.7 Å². The summed E-state index contributed by atoms with van der Waals surface area (Å²) in [6, 6.07) is 6.20. The molecule has 1 N–H and O–H groups in total. The lowest BCUT2D eigenvalue weighted by molar-refractivity contribution is 0.188. The second-order valence-electron chi connectivity index (χ2n) is 7.05. The SMILES string of the molecule is Cc1cccc2c1OCC(NC(=O)N1CCC(c3nccn3C)C1)C2. The Hall–Kier alpha value is -2.50. The summed E-state index contributed by atoms with van der Waals surface area (Å²) in [5.41, 5.74) is 2.32. The number of fused-ring (bicyclic) bond motifs is 1. The van der Waals surface area contributed by atoms with Crippen molar-refractivity contribution in [1.82, 2.24) is 19.8 Å². The molecule has 132 valence electrons. The molecule has 2 aliphatic heterocycles. The van der Waals surface area contributed by atoms with Crippen LogP contribution in [-0.2, 0) is 13.5 Å². The van der Waals surface area contributed by atoms with Gasteiger partial charge in [0.25, 0.3) is 0 Å². The van der Waals surface area contributed by atoms with Crippen LogP contribution < -0.4 is 10.1 Å². The number of nitrogens with one attached hydrogen (secondary N) is 1. The molecule has 0 bridgehead atoms. The third-order valence-electron chi connectivity index (χ3n) is 5.22. The predicted octanol–water partition coefficient (Wildman–Crippen LogP) is 2.23. The van der Waals surface area contributed by atoms with E-state index in [4.69, 9.17) is 4.74 Å². The van der Waals surface area contributed by atoms with Gasteiger partial charge in [0.05, 0.1) is 6.04 Å². The first-order valence-corrected chi connectivity index (χ1v) is 8.86. The van der Waals surface area contributed by atoms with Crippen LogP contribution in [0, 0.1) is 6.92 Å². The van der Waals surface area contributed by atoms with Gasteiger partial charge >= 0.3 is 6.03 Å². The van der Waals surface area contributed by atoms with E-state index in [1.165, 1.54) is 5.56 Å². The Balaban J connectivity index is 1.36. The molecule has 0 spiro atoms. The molecule has 1 saturated heterocycles. The van der Waals surface area contributed by atoms with E-state index >= 15 is 0 Å². The Morgan fingerprint density at radius 2 is 2.28 bits per heavy atom. The fraction of sp³-hybridized carbons (Fsp3) is 0.474. The average Bonchev–Trinajstić information content (AvgIpc) is 3.23. The molecule has 2 atom stereocenters. The van der Waals surface area contributed by atoms with E-state index in [2.05, 4.69) is 29.4 Å². The molecule has 2 amide bonds. The lowest BCUT2D eigenvalue weighted by Gasteiger charge is -2.29. The topological polar surface area (TPSA) is 59.4 Å². The van der Waals surface area contributed by atoms with Crippen LogP contribution in [0.25, 0.3) is 0 Å². The van der Waals surface area contributed by atoms with Crippen molar-refractivity contribution in [3.05, 3.63) is 47.5 Å². The molecule has 4 rings (SSSR count). The van der Waals surface area contributed by atoms with Gasteiger partial charge in [-0.15, -0.1) is 0 Å². The maximum atomic E-state index is 12.6. The summed E-state index contributed by atoms with van der Waals surface area (Å²) in [6.45, 7) is 4.08. The number of benzene rings is 1. The third-order valence-corrected chi connectivity index (χ3v) is 5.22. The monoisotopic (exact) mass is 340 g/mol. The number of aryl methyl sites for hydroxylation is 2. The van der Waals surface area contributed by atoms with Gasteiger partial charge in [-0.2, -0.15) is 0 Å². The number of carbonyl (C=O) groups excluding carboxylic acids is 1. The lowest BCUT2D eigenvalue weighted by Crippen LogP contribution is -2.48. The summed E-state index contributed by atoms with van der Waals surface area (Å²) in [4.78, 5) is 18.9. The molecule has 2 unspecified atom stereocenters. The predicted molar refractivity (Wildman–Crippen MR) is 94.8 cm³/mol. The first-order chi connectivity index (χ1) is 12.1. The normalized spacial score (nSPS) is 22.4. The molecule has 6 heteroatoms. The van der Waals surface area contributed by atoms with Crippen molar-refractivity contribution in [3.8, 4) is 5.75 Å². The van der Waals surface area contributed by atoms with Gasteiger partial charge in [-0.3, -0.25) is 0 Å². The van der Waals surface area contributed by atoms with Crippen LogP contribution in [-0.4, -0.2) is 46.2 Å².